The zero-order valence-corrected chi connectivity index (χ0v) is 14.8. The minimum atomic E-state index is -0.000111. The van der Waals surface area contributed by atoms with E-state index in [-0.39, 0.29) is 17.2 Å². The fourth-order valence-electron chi connectivity index (χ4n) is 4.80. The van der Waals surface area contributed by atoms with Crippen molar-refractivity contribution in [2.45, 2.75) is 63.8 Å². The largest absolute Gasteiger partial charge is 0.459 e. The third kappa shape index (κ3) is 3.60. The average molecular weight is 344 g/mol. The molecule has 1 aromatic heterocycles. The molecule has 5 nitrogen and oxygen atoms in total. The van der Waals surface area contributed by atoms with Gasteiger partial charge in [-0.2, -0.15) is 0 Å². The molecule has 2 saturated carbocycles. The molecular formula is C20H28N2O3. The van der Waals surface area contributed by atoms with Crippen LogP contribution in [0.3, 0.4) is 0 Å². The van der Waals surface area contributed by atoms with Gasteiger partial charge >= 0.3 is 0 Å². The van der Waals surface area contributed by atoms with Gasteiger partial charge in [-0.1, -0.05) is 19.3 Å². The van der Waals surface area contributed by atoms with Gasteiger partial charge in [0.05, 0.1) is 6.26 Å². The summed E-state index contributed by atoms with van der Waals surface area (Å²) in [5, 5.41) is 3.09. The number of hydrogen-bond donors (Lipinski definition) is 1. The molecule has 136 valence electrons. The number of furan rings is 1. The van der Waals surface area contributed by atoms with Crippen molar-refractivity contribution in [3.8, 4) is 0 Å². The summed E-state index contributed by atoms with van der Waals surface area (Å²) in [7, 11) is 0. The Labute approximate surface area is 149 Å². The van der Waals surface area contributed by atoms with Gasteiger partial charge in [0, 0.05) is 25.6 Å². The van der Waals surface area contributed by atoms with Crippen molar-refractivity contribution in [3.63, 3.8) is 0 Å². The maximum absolute atomic E-state index is 12.7. The fourth-order valence-corrected chi connectivity index (χ4v) is 4.80. The molecule has 0 aromatic carbocycles. The molecule has 0 bridgehead atoms. The SMILES string of the molecule is O=C(CCC1CN(C(=O)c2ccco2)CC12CCCCC2)NC1CC1. The van der Waals surface area contributed by atoms with Gasteiger partial charge in [0.15, 0.2) is 5.76 Å². The van der Waals surface area contributed by atoms with Crippen molar-refractivity contribution >= 4 is 11.8 Å². The first-order valence-electron chi connectivity index (χ1n) is 9.78. The lowest BCUT2D eigenvalue weighted by Crippen LogP contribution is -2.35. The van der Waals surface area contributed by atoms with Gasteiger partial charge < -0.3 is 14.6 Å². The second-order valence-corrected chi connectivity index (χ2v) is 8.16. The number of rotatable bonds is 5. The van der Waals surface area contributed by atoms with E-state index in [9.17, 15) is 9.59 Å². The van der Waals surface area contributed by atoms with Crippen molar-refractivity contribution < 1.29 is 14.0 Å². The summed E-state index contributed by atoms with van der Waals surface area (Å²) < 4.78 is 5.31. The van der Waals surface area contributed by atoms with Crippen LogP contribution in [-0.4, -0.2) is 35.8 Å². The predicted molar refractivity (Wildman–Crippen MR) is 94.0 cm³/mol. The molecule has 1 N–H and O–H groups in total. The molecule has 1 saturated heterocycles. The smallest absolute Gasteiger partial charge is 0.289 e. The fraction of sp³-hybridized carbons (Fsp3) is 0.700. The number of amides is 2. The zero-order chi connectivity index (χ0) is 17.3. The van der Waals surface area contributed by atoms with Crippen LogP contribution in [0.25, 0.3) is 0 Å². The summed E-state index contributed by atoms with van der Waals surface area (Å²) in [6.07, 6.45) is 11.4. The maximum atomic E-state index is 12.7. The Hall–Kier alpha value is -1.78. The lowest BCUT2D eigenvalue weighted by Gasteiger charge is -2.38. The second-order valence-electron chi connectivity index (χ2n) is 8.16. The van der Waals surface area contributed by atoms with Crippen LogP contribution in [-0.2, 0) is 4.79 Å². The number of nitrogens with one attached hydrogen (secondary N) is 1. The Kier molecular flexibility index (Phi) is 4.57. The summed E-state index contributed by atoms with van der Waals surface area (Å²) in [6, 6.07) is 3.93. The van der Waals surface area contributed by atoms with Gasteiger partial charge in [-0.25, -0.2) is 0 Å². The highest BCUT2D eigenvalue weighted by atomic mass is 16.3. The molecule has 4 rings (SSSR count). The highest BCUT2D eigenvalue weighted by molar-refractivity contribution is 5.91. The molecule has 2 heterocycles. The van der Waals surface area contributed by atoms with Crippen LogP contribution in [0.1, 0.15) is 68.3 Å². The van der Waals surface area contributed by atoms with E-state index < -0.39 is 0 Å². The monoisotopic (exact) mass is 344 g/mol. The van der Waals surface area contributed by atoms with E-state index in [1.54, 1.807) is 18.4 Å². The second kappa shape index (κ2) is 6.85. The molecule has 1 aliphatic heterocycles. The van der Waals surface area contributed by atoms with E-state index in [1.165, 1.54) is 32.1 Å². The minimum absolute atomic E-state index is 0.000111. The third-order valence-corrected chi connectivity index (χ3v) is 6.34. The van der Waals surface area contributed by atoms with Crippen molar-refractivity contribution in [1.29, 1.82) is 0 Å². The van der Waals surface area contributed by atoms with E-state index in [1.807, 2.05) is 4.90 Å². The van der Waals surface area contributed by atoms with Crippen molar-refractivity contribution in [1.82, 2.24) is 10.2 Å². The van der Waals surface area contributed by atoms with E-state index in [0.29, 0.717) is 24.1 Å². The quantitative estimate of drug-likeness (QED) is 0.891. The van der Waals surface area contributed by atoms with Crippen molar-refractivity contribution in [2.24, 2.45) is 11.3 Å². The molecule has 1 spiro atoms. The van der Waals surface area contributed by atoms with Gasteiger partial charge in [-0.15, -0.1) is 0 Å². The summed E-state index contributed by atoms with van der Waals surface area (Å²) in [4.78, 5) is 26.8. The number of hydrogen-bond acceptors (Lipinski definition) is 3. The van der Waals surface area contributed by atoms with E-state index in [4.69, 9.17) is 4.42 Å². The van der Waals surface area contributed by atoms with E-state index >= 15 is 0 Å². The van der Waals surface area contributed by atoms with Gasteiger partial charge in [0.2, 0.25) is 5.91 Å². The Balaban J connectivity index is 1.43. The standard InChI is InChI=1S/C20H28N2O3/c23-18(21-16-7-8-16)9-6-15-13-22(19(24)17-5-4-12-25-17)14-20(15)10-2-1-3-11-20/h4-5,12,15-16H,1-3,6-11,13-14H2,(H,21,23). The Morgan fingerprint density at radius 1 is 1.24 bits per heavy atom. The summed E-state index contributed by atoms with van der Waals surface area (Å²) >= 11 is 0. The molecule has 1 unspecified atom stereocenters. The maximum Gasteiger partial charge on any atom is 0.289 e. The first kappa shape index (κ1) is 16.7. The molecule has 5 heteroatoms. The first-order valence-corrected chi connectivity index (χ1v) is 9.78. The topological polar surface area (TPSA) is 62.6 Å². The van der Waals surface area contributed by atoms with Crippen LogP contribution in [0.4, 0.5) is 0 Å². The molecule has 1 aromatic rings. The van der Waals surface area contributed by atoms with Gasteiger partial charge in [-0.05, 0) is 55.6 Å². The van der Waals surface area contributed by atoms with Crippen LogP contribution in [0.2, 0.25) is 0 Å². The highest BCUT2D eigenvalue weighted by Crippen LogP contribution is 2.49. The van der Waals surface area contributed by atoms with Crippen LogP contribution in [0, 0.1) is 11.3 Å². The summed E-state index contributed by atoms with van der Waals surface area (Å²) in [5.41, 5.74) is 0.209. The Bertz CT molecular complexity index is 615. The molecule has 2 aliphatic carbocycles. The van der Waals surface area contributed by atoms with Crippen molar-refractivity contribution in [2.75, 3.05) is 13.1 Å². The summed E-state index contributed by atoms with van der Waals surface area (Å²) in [6.45, 7) is 1.58. The molecule has 3 fully saturated rings. The van der Waals surface area contributed by atoms with E-state index in [2.05, 4.69) is 5.32 Å². The average Bonchev–Trinajstić information content (AvgIpc) is 3.13. The third-order valence-electron chi connectivity index (χ3n) is 6.34. The number of nitrogens with zero attached hydrogens (tertiary/aromatic N) is 1. The molecule has 0 radical (unpaired) electrons. The molecule has 3 aliphatic rings. The van der Waals surface area contributed by atoms with Gasteiger partial charge in [-0.3, -0.25) is 9.59 Å². The van der Waals surface area contributed by atoms with Crippen molar-refractivity contribution in [3.05, 3.63) is 24.2 Å². The molecule has 25 heavy (non-hydrogen) atoms. The van der Waals surface area contributed by atoms with Crippen LogP contribution < -0.4 is 5.32 Å². The number of carbonyl (C=O) groups excluding carboxylic acids is 2. The first-order chi connectivity index (χ1) is 12.2. The minimum Gasteiger partial charge on any atom is -0.459 e. The predicted octanol–water partition coefficient (Wildman–Crippen LogP) is 3.36. The summed E-state index contributed by atoms with van der Waals surface area (Å²) in [5.74, 6) is 1.04. The highest BCUT2D eigenvalue weighted by Gasteiger charge is 2.48. The zero-order valence-electron chi connectivity index (χ0n) is 14.8. The molecule has 1 atom stereocenters. The molecular weight excluding hydrogens is 316 g/mol. The van der Waals surface area contributed by atoms with Crippen LogP contribution in [0.5, 0.6) is 0 Å². The van der Waals surface area contributed by atoms with Gasteiger partial charge in [0.25, 0.3) is 5.91 Å². The number of carbonyl (C=O) groups is 2. The lowest BCUT2D eigenvalue weighted by molar-refractivity contribution is -0.121. The van der Waals surface area contributed by atoms with Crippen LogP contribution >= 0.6 is 0 Å². The molecule has 2 amide bonds. The van der Waals surface area contributed by atoms with Gasteiger partial charge in [0.1, 0.15) is 0 Å². The lowest BCUT2D eigenvalue weighted by atomic mass is 9.66. The van der Waals surface area contributed by atoms with Crippen LogP contribution in [0.15, 0.2) is 22.8 Å². The number of likely N-dealkylation sites (tertiary alicyclic amines) is 1. The Morgan fingerprint density at radius 3 is 2.72 bits per heavy atom. The van der Waals surface area contributed by atoms with E-state index in [0.717, 1.165) is 32.4 Å². The normalized spacial score (nSPS) is 25.3. The Morgan fingerprint density at radius 2 is 2.04 bits per heavy atom.